The molecule has 2 aromatic heterocycles. The molecule has 0 spiro atoms. The number of piperidine rings is 1. The third kappa shape index (κ3) is 3.82. The largest absolute Gasteiger partial charge is 0.385 e. The van der Waals surface area contributed by atoms with Crippen LogP contribution in [-0.2, 0) is 13.6 Å². The lowest BCUT2D eigenvalue weighted by Crippen LogP contribution is -2.35. The predicted octanol–water partition coefficient (Wildman–Crippen LogP) is 2.95. The molecule has 5 nitrogen and oxygen atoms in total. The molecule has 1 atom stereocenters. The lowest BCUT2D eigenvalue weighted by atomic mass is 9.90. The molecule has 1 aliphatic rings. The fourth-order valence-electron chi connectivity index (χ4n) is 3.18. The molecular formula is C17H26N4OS. The van der Waals surface area contributed by atoms with E-state index in [1.165, 1.54) is 9.88 Å². The number of hydrogen-bond donors (Lipinski definition) is 1. The second-order valence-electron chi connectivity index (χ2n) is 6.77. The first kappa shape index (κ1) is 16.6. The number of rotatable bonds is 5. The second kappa shape index (κ2) is 7.11. The molecule has 1 N–H and O–H groups in total. The van der Waals surface area contributed by atoms with Crippen molar-refractivity contribution in [1.82, 2.24) is 19.4 Å². The highest BCUT2D eigenvalue weighted by Crippen LogP contribution is 2.31. The summed E-state index contributed by atoms with van der Waals surface area (Å²) < 4.78 is 1.92. The predicted molar refractivity (Wildman–Crippen MR) is 92.4 cm³/mol. The van der Waals surface area contributed by atoms with E-state index in [4.69, 9.17) is 0 Å². The van der Waals surface area contributed by atoms with Crippen LogP contribution in [-0.4, -0.2) is 37.6 Å². The van der Waals surface area contributed by atoms with Crippen LogP contribution >= 0.6 is 11.3 Å². The highest BCUT2D eigenvalue weighted by molar-refractivity contribution is 7.11. The molecule has 6 heteroatoms. The minimum Gasteiger partial charge on any atom is -0.385 e. The SMILES string of the molecule is CC(C)c1ncc(CN2CCC(C(O)c3nccn3C)CC2)s1. The standard InChI is InChI=1S/C17H26N4OS/c1-12(2)17-19-10-14(23-17)11-21-7-4-13(5-8-21)15(22)16-18-6-9-20(16)3/h6,9-10,12-13,15,22H,4-5,7-8,11H2,1-3H3. The van der Waals surface area contributed by atoms with Crippen molar-refractivity contribution in [1.29, 1.82) is 0 Å². The molecule has 3 rings (SSSR count). The Kier molecular flexibility index (Phi) is 5.14. The van der Waals surface area contributed by atoms with Gasteiger partial charge in [0, 0.05) is 43.0 Å². The van der Waals surface area contributed by atoms with E-state index in [9.17, 15) is 5.11 Å². The van der Waals surface area contributed by atoms with E-state index in [-0.39, 0.29) is 0 Å². The molecule has 0 bridgehead atoms. The zero-order valence-electron chi connectivity index (χ0n) is 14.1. The molecule has 126 valence electrons. The Morgan fingerprint density at radius 2 is 2.04 bits per heavy atom. The van der Waals surface area contributed by atoms with Gasteiger partial charge in [0.1, 0.15) is 11.9 Å². The smallest absolute Gasteiger partial charge is 0.137 e. The molecule has 1 saturated heterocycles. The summed E-state index contributed by atoms with van der Waals surface area (Å²) in [6.07, 6.45) is 7.25. The average Bonchev–Trinajstić information content (AvgIpc) is 3.16. The van der Waals surface area contributed by atoms with Crippen molar-refractivity contribution in [2.24, 2.45) is 13.0 Å². The summed E-state index contributed by atoms with van der Waals surface area (Å²) in [5, 5.41) is 11.8. The summed E-state index contributed by atoms with van der Waals surface area (Å²) in [5.41, 5.74) is 0. The van der Waals surface area contributed by atoms with Crippen LogP contribution < -0.4 is 0 Å². The Labute approximate surface area is 142 Å². The minimum absolute atomic E-state index is 0.306. The van der Waals surface area contributed by atoms with Gasteiger partial charge in [-0.1, -0.05) is 13.8 Å². The number of thiazole rings is 1. The Morgan fingerprint density at radius 1 is 1.30 bits per heavy atom. The molecule has 0 aromatic carbocycles. The van der Waals surface area contributed by atoms with Gasteiger partial charge in [-0.05, 0) is 31.8 Å². The summed E-state index contributed by atoms with van der Waals surface area (Å²) in [6.45, 7) is 7.41. The Morgan fingerprint density at radius 3 is 2.61 bits per heavy atom. The molecule has 23 heavy (non-hydrogen) atoms. The van der Waals surface area contributed by atoms with E-state index in [0.29, 0.717) is 11.8 Å². The van der Waals surface area contributed by atoms with Gasteiger partial charge in [-0.25, -0.2) is 9.97 Å². The molecule has 0 aliphatic carbocycles. The zero-order chi connectivity index (χ0) is 16.4. The number of imidazole rings is 1. The topological polar surface area (TPSA) is 54.2 Å². The van der Waals surface area contributed by atoms with Gasteiger partial charge in [0.05, 0.1) is 5.01 Å². The maximum Gasteiger partial charge on any atom is 0.137 e. The van der Waals surface area contributed by atoms with Crippen molar-refractivity contribution in [2.45, 2.75) is 45.3 Å². The minimum atomic E-state index is -0.451. The summed E-state index contributed by atoms with van der Waals surface area (Å²) >= 11 is 1.83. The molecule has 1 fully saturated rings. The number of likely N-dealkylation sites (tertiary alicyclic amines) is 1. The van der Waals surface area contributed by atoms with E-state index >= 15 is 0 Å². The quantitative estimate of drug-likeness (QED) is 0.913. The highest BCUT2D eigenvalue weighted by atomic mass is 32.1. The Hall–Kier alpha value is -1.24. The zero-order valence-corrected chi connectivity index (χ0v) is 15.0. The molecule has 0 amide bonds. The van der Waals surface area contributed by atoms with Crippen molar-refractivity contribution in [3.05, 3.63) is 34.3 Å². The van der Waals surface area contributed by atoms with Crippen LogP contribution in [0.15, 0.2) is 18.6 Å². The summed E-state index contributed by atoms with van der Waals surface area (Å²) in [7, 11) is 1.94. The Bertz CT molecular complexity index is 628. The van der Waals surface area contributed by atoms with E-state index in [0.717, 1.165) is 38.3 Å². The monoisotopic (exact) mass is 334 g/mol. The molecular weight excluding hydrogens is 308 g/mol. The summed E-state index contributed by atoms with van der Waals surface area (Å²) in [4.78, 5) is 12.6. The number of aryl methyl sites for hydroxylation is 1. The maximum atomic E-state index is 10.5. The third-order valence-electron chi connectivity index (χ3n) is 4.65. The van der Waals surface area contributed by atoms with Crippen LogP contribution in [0.5, 0.6) is 0 Å². The van der Waals surface area contributed by atoms with Crippen LogP contribution in [0.4, 0.5) is 0 Å². The van der Waals surface area contributed by atoms with Crippen molar-refractivity contribution in [2.75, 3.05) is 13.1 Å². The van der Waals surface area contributed by atoms with Gasteiger partial charge in [-0.2, -0.15) is 0 Å². The van der Waals surface area contributed by atoms with Crippen LogP contribution in [0.1, 0.15) is 54.4 Å². The van der Waals surface area contributed by atoms with E-state index in [1.54, 1.807) is 6.20 Å². The first-order chi connectivity index (χ1) is 11.0. The average molecular weight is 334 g/mol. The van der Waals surface area contributed by atoms with Gasteiger partial charge in [0.25, 0.3) is 0 Å². The first-order valence-corrected chi connectivity index (χ1v) is 9.18. The molecule has 2 aromatic rings. The number of aliphatic hydroxyl groups excluding tert-OH is 1. The number of hydrogen-bond acceptors (Lipinski definition) is 5. The molecule has 0 radical (unpaired) electrons. The molecule has 1 unspecified atom stereocenters. The van der Waals surface area contributed by atoms with Crippen molar-refractivity contribution in [3.63, 3.8) is 0 Å². The Balaban J connectivity index is 1.53. The van der Waals surface area contributed by atoms with E-state index in [1.807, 2.05) is 35.3 Å². The van der Waals surface area contributed by atoms with Gasteiger partial charge < -0.3 is 9.67 Å². The number of aromatic nitrogens is 3. The van der Waals surface area contributed by atoms with Gasteiger partial charge in [-0.3, -0.25) is 4.90 Å². The fraction of sp³-hybridized carbons (Fsp3) is 0.647. The number of nitrogens with zero attached hydrogens (tertiary/aromatic N) is 4. The van der Waals surface area contributed by atoms with E-state index < -0.39 is 6.10 Å². The second-order valence-corrected chi connectivity index (χ2v) is 7.92. The normalized spacial score (nSPS) is 18.7. The molecule has 1 aliphatic heterocycles. The van der Waals surface area contributed by atoms with Crippen LogP contribution in [0.3, 0.4) is 0 Å². The summed E-state index contributed by atoms with van der Waals surface area (Å²) in [5.74, 6) is 1.60. The van der Waals surface area contributed by atoms with Crippen molar-refractivity contribution >= 4 is 11.3 Å². The first-order valence-electron chi connectivity index (χ1n) is 8.37. The van der Waals surface area contributed by atoms with Crippen molar-refractivity contribution in [3.8, 4) is 0 Å². The summed E-state index contributed by atoms with van der Waals surface area (Å²) in [6, 6.07) is 0. The van der Waals surface area contributed by atoms with E-state index in [2.05, 4.69) is 28.7 Å². The lowest BCUT2D eigenvalue weighted by Gasteiger charge is -2.33. The lowest BCUT2D eigenvalue weighted by molar-refractivity contribution is 0.0494. The van der Waals surface area contributed by atoms with Gasteiger partial charge in [-0.15, -0.1) is 11.3 Å². The highest BCUT2D eigenvalue weighted by Gasteiger charge is 2.28. The molecule has 0 saturated carbocycles. The van der Waals surface area contributed by atoms with Gasteiger partial charge >= 0.3 is 0 Å². The van der Waals surface area contributed by atoms with Crippen LogP contribution in [0.25, 0.3) is 0 Å². The third-order valence-corrected chi connectivity index (χ3v) is 5.93. The van der Waals surface area contributed by atoms with Crippen LogP contribution in [0.2, 0.25) is 0 Å². The molecule has 3 heterocycles. The van der Waals surface area contributed by atoms with Crippen LogP contribution in [0, 0.1) is 5.92 Å². The van der Waals surface area contributed by atoms with Crippen molar-refractivity contribution < 1.29 is 5.11 Å². The van der Waals surface area contributed by atoms with Gasteiger partial charge in [0.2, 0.25) is 0 Å². The number of aliphatic hydroxyl groups is 1. The van der Waals surface area contributed by atoms with Gasteiger partial charge in [0.15, 0.2) is 0 Å². The maximum absolute atomic E-state index is 10.5. The fourth-order valence-corrected chi connectivity index (χ4v) is 4.15.